The number of aromatic amines is 2. The molecule has 0 spiro atoms. The van der Waals surface area contributed by atoms with Crippen LogP contribution in [0.15, 0.2) is 48.9 Å². The molecule has 4 aromatic rings. The predicted octanol–water partition coefficient (Wildman–Crippen LogP) is 2.56. The average Bonchev–Trinajstić information content (AvgIpc) is 3.18. The van der Waals surface area contributed by atoms with E-state index in [1.54, 1.807) is 18.6 Å². The maximum absolute atomic E-state index is 4.08. The number of anilines is 4. The van der Waals surface area contributed by atoms with Gasteiger partial charge in [-0.3, -0.25) is 10.2 Å². The summed E-state index contributed by atoms with van der Waals surface area (Å²) in [5.74, 6) is 1.43. The van der Waals surface area contributed by atoms with E-state index >= 15 is 0 Å². The van der Waals surface area contributed by atoms with Crippen LogP contribution in [-0.4, -0.2) is 30.6 Å². The minimum atomic E-state index is 0.642. The van der Waals surface area contributed by atoms with Crippen molar-refractivity contribution in [3.8, 4) is 0 Å². The summed E-state index contributed by atoms with van der Waals surface area (Å²) in [6.07, 6.45) is 5.10. The SMILES string of the molecule is c1cc(Nc2cnnc(Nc3ccc4cn[nH]c4c3)c2)[nH]n1. The zero-order valence-electron chi connectivity index (χ0n) is 11.4. The second-order valence-electron chi connectivity index (χ2n) is 4.72. The van der Waals surface area contributed by atoms with E-state index in [0.29, 0.717) is 5.82 Å². The van der Waals surface area contributed by atoms with Crippen LogP contribution >= 0.6 is 0 Å². The first kappa shape index (κ1) is 12.3. The van der Waals surface area contributed by atoms with Crippen LogP contribution in [-0.2, 0) is 0 Å². The monoisotopic (exact) mass is 292 g/mol. The van der Waals surface area contributed by atoms with Crippen LogP contribution in [0.4, 0.5) is 23.0 Å². The van der Waals surface area contributed by atoms with E-state index in [1.807, 2.05) is 30.3 Å². The van der Waals surface area contributed by atoms with Crippen LogP contribution in [0.2, 0.25) is 0 Å². The maximum atomic E-state index is 4.08. The van der Waals surface area contributed by atoms with Gasteiger partial charge in [0.05, 0.1) is 29.8 Å². The summed E-state index contributed by atoms with van der Waals surface area (Å²) >= 11 is 0. The van der Waals surface area contributed by atoms with Crippen molar-refractivity contribution in [2.75, 3.05) is 10.6 Å². The quantitative estimate of drug-likeness (QED) is 0.460. The van der Waals surface area contributed by atoms with Crippen molar-refractivity contribution in [1.29, 1.82) is 0 Å². The molecule has 1 aromatic carbocycles. The zero-order valence-corrected chi connectivity index (χ0v) is 11.4. The Bertz CT molecular complexity index is 896. The summed E-state index contributed by atoms with van der Waals surface area (Å²) < 4.78 is 0. The van der Waals surface area contributed by atoms with Crippen molar-refractivity contribution in [3.63, 3.8) is 0 Å². The lowest BCUT2D eigenvalue weighted by Crippen LogP contribution is -1.98. The van der Waals surface area contributed by atoms with Gasteiger partial charge in [-0.1, -0.05) is 0 Å². The molecular weight excluding hydrogens is 280 g/mol. The number of hydrogen-bond donors (Lipinski definition) is 4. The van der Waals surface area contributed by atoms with Crippen molar-refractivity contribution < 1.29 is 0 Å². The van der Waals surface area contributed by atoms with E-state index in [0.717, 1.165) is 28.1 Å². The van der Waals surface area contributed by atoms with Crippen molar-refractivity contribution in [2.45, 2.75) is 0 Å². The minimum Gasteiger partial charge on any atom is -0.339 e. The summed E-state index contributed by atoms with van der Waals surface area (Å²) in [6.45, 7) is 0. The van der Waals surface area contributed by atoms with Crippen LogP contribution in [0.1, 0.15) is 0 Å². The second kappa shape index (κ2) is 5.17. The fourth-order valence-electron chi connectivity index (χ4n) is 2.14. The first-order chi connectivity index (χ1) is 10.9. The van der Waals surface area contributed by atoms with Gasteiger partial charge in [-0.05, 0) is 18.2 Å². The largest absolute Gasteiger partial charge is 0.339 e. The highest BCUT2D eigenvalue weighted by molar-refractivity contribution is 5.82. The number of nitrogens with one attached hydrogen (secondary N) is 4. The third-order valence-corrected chi connectivity index (χ3v) is 3.15. The van der Waals surface area contributed by atoms with Crippen molar-refractivity contribution >= 4 is 33.9 Å². The van der Waals surface area contributed by atoms with E-state index in [2.05, 4.69) is 41.2 Å². The summed E-state index contributed by atoms with van der Waals surface area (Å²) in [5, 5.41) is 29.2. The summed E-state index contributed by atoms with van der Waals surface area (Å²) in [6, 6.07) is 9.62. The lowest BCUT2D eigenvalue weighted by atomic mass is 10.2. The lowest BCUT2D eigenvalue weighted by molar-refractivity contribution is 1.03. The normalized spacial score (nSPS) is 10.7. The van der Waals surface area contributed by atoms with Gasteiger partial charge in [-0.2, -0.15) is 15.3 Å². The first-order valence-corrected chi connectivity index (χ1v) is 6.66. The van der Waals surface area contributed by atoms with E-state index in [9.17, 15) is 0 Å². The van der Waals surface area contributed by atoms with Gasteiger partial charge < -0.3 is 10.6 Å². The standard InChI is InChI=1S/C14H12N8/c1-2-10(5-12-9(1)7-16-20-12)18-14-6-11(8-17-22-14)19-13-3-4-15-21-13/h1-8H,(H,16,20)(H3,15,18,19,21,22). The third kappa shape index (κ3) is 2.44. The van der Waals surface area contributed by atoms with Crippen LogP contribution < -0.4 is 10.6 Å². The molecule has 8 heteroatoms. The van der Waals surface area contributed by atoms with Crippen LogP contribution in [0.5, 0.6) is 0 Å². The number of aromatic nitrogens is 6. The number of benzene rings is 1. The van der Waals surface area contributed by atoms with E-state index < -0.39 is 0 Å². The van der Waals surface area contributed by atoms with Gasteiger partial charge in [0.2, 0.25) is 0 Å². The van der Waals surface area contributed by atoms with Gasteiger partial charge in [-0.25, -0.2) is 0 Å². The van der Waals surface area contributed by atoms with Gasteiger partial charge in [0, 0.05) is 23.2 Å². The van der Waals surface area contributed by atoms with Crippen LogP contribution in [0, 0.1) is 0 Å². The molecule has 0 saturated heterocycles. The zero-order chi connectivity index (χ0) is 14.8. The molecule has 0 bridgehead atoms. The highest BCUT2D eigenvalue weighted by atomic mass is 15.2. The number of fused-ring (bicyclic) bond motifs is 1. The van der Waals surface area contributed by atoms with Gasteiger partial charge in [0.25, 0.3) is 0 Å². The summed E-state index contributed by atoms with van der Waals surface area (Å²) in [5.41, 5.74) is 2.68. The van der Waals surface area contributed by atoms with Crippen molar-refractivity contribution in [2.24, 2.45) is 0 Å². The second-order valence-corrected chi connectivity index (χ2v) is 4.72. The molecule has 0 aliphatic carbocycles. The molecule has 0 amide bonds. The summed E-state index contributed by atoms with van der Waals surface area (Å²) in [7, 11) is 0. The van der Waals surface area contributed by atoms with E-state index in [4.69, 9.17) is 0 Å². The van der Waals surface area contributed by atoms with Gasteiger partial charge in [0.15, 0.2) is 5.82 Å². The Balaban J connectivity index is 1.57. The number of hydrogen-bond acceptors (Lipinski definition) is 6. The molecule has 0 atom stereocenters. The molecule has 0 aliphatic rings. The Morgan fingerprint density at radius 1 is 0.864 bits per heavy atom. The van der Waals surface area contributed by atoms with Gasteiger partial charge in [-0.15, -0.1) is 5.10 Å². The Morgan fingerprint density at radius 3 is 2.77 bits per heavy atom. The first-order valence-electron chi connectivity index (χ1n) is 6.66. The van der Waals surface area contributed by atoms with Crippen molar-refractivity contribution in [3.05, 3.63) is 48.9 Å². The molecule has 0 unspecified atom stereocenters. The average molecular weight is 292 g/mol. The minimum absolute atomic E-state index is 0.642. The summed E-state index contributed by atoms with van der Waals surface area (Å²) in [4.78, 5) is 0. The van der Waals surface area contributed by atoms with Crippen molar-refractivity contribution in [1.82, 2.24) is 30.6 Å². The fourth-order valence-corrected chi connectivity index (χ4v) is 2.14. The number of rotatable bonds is 4. The topological polar surface area (TPSA) is 107 Å². The Kier molecular flexibility index (Phi) is 2.90. The molecule has 3 heterocycles. The molecule has 0 fully saturated rings. The molecule has 0 saturated carbocycles. The Morgan fingerprint density at radius 2 is 1.86 bits per heavy atom. The molecular formula is C14H12N8. The molecule has 0 aliphatic heterocycles. The highest BCUT2D eigenvalue weighted by Gasteiger charge is 2.02. The van der Waals surface area contributed by atoms with E-state index in [1.165, 1.54) is 0 Å². The molecule has 8 nitrogen and oxygen atoms in total. The molecule has 108 valence electrons. The van der Waals surface area contributed by atoms with Crippen LogP contribution in [0.25, 0.3) is 10.9 Å². The molecule has 4 rings (SSSR count). The molecule has 22 heavy (non-hydrogen) atoms. The number of H-pyrrole nitrogens is 2. The van der Waals surface area contributed by atoms with Gasteiger partial charge >= 0.3 is 0 Å². The maximum Gasteiger partial charge on any atom is 0.155 e. The predicted molar refractivity (Wildman–Crippen MR) is 83.3 cm³/mol. The van der Waals surface area contributed by atoms with E-state index in [-0.39, 0.29) is 0 Å². The lowest BCUT2D eigenvalue weighted by Gasteiger charge is -2.07. The molecule has 0 radical (unpaired) electrons. The Labute approximate surface area is 125 Å². The smallest absolute Gasteiger partial charge is 0.155 e. The number of nitrogens with zero attached hydrogens (tertiary/aromatic N) is 4. The third-order valence-electron chi connectivity index (χ3n) is 3.15. The van der Waals surface area contributed by atoms with Gasteiger partial charge in [0.1, 0.15) is 5.82 Å². The van der Waals surface area contributed by atoms with Crippen LogP contribution in [0.3, 0.4) is 0 Å². The molecule has 3 aromatic heterocycles. The Hall–Kier alpha value is -3.42. The molecule has 4 N–H and O–H groups in total. The fraction of sp³-hybridized carbons (Fsp3) is 0. The highest BCUT2D eigenvalue weighted by Crippen LogP contribution is 2.21.